The van der Waals surface area contributed by atoms with Crippen LogP contribution in [0.1, 0.15) is 0 Å². The molecule has 2 rings (SSSR count). The third-order valence-electron chi connectivity index (χ3n) is 2.05. The number of rotatable bonds is 3. The number of carbonyl (C=O) groups excluding carboxylic acids is 1. The molecule has 0 unspecified atom stereocenters. The first kappa shape index (κ1) is 12.5. The van der Waals surface area contributed by atoms with Crippen molar-refractivity contribution in [2.24, 2.45) is 0 Å². The summed E-state index contributed by atoms with van der Waals surface area (Å²) < 4.78 is 2.49. The summed E-state index contributed by atoms with van der Waals surface area (Å²) >= 11 is 3.27. The van der Waals surface area contributed by atoms with Crippen LogP contribution in [0, 0.1) is 0 Å². The van der Waals surface area contributed by atoms with E-state index in [1.165, 1.54) is 0 Å². The van der Waals surface area contributed by atoms with Gasteiger partial charge in [-0.3, -0.25) is 9.48 Å². The first-order valence-corrected chi connectivity index (χ1v) is 5.21. The summed E-state index contributed by atoms with van der Waals surface area (Å²) in [7, 11) is 0. The van der Waals surface area contributed by atoms with Gasteiger partial charge in [-0.2, -0.15) is 5.10 Å². The molecular formula is C8H12BrClN4O. The Kier molecular flexibility index (Phi) is 4.56. The summed E-state index contributed by atoms with van der Waals surface area (Å²) in [5, 5.41) is 9.99. The fourth-order valence-corrected chi connectivity index (χ4v) is 1.56. The van der Waals surface area contributed by atoms with Gasteiger partial charge in [-0.1, -0.05) is 0 Å². The smallest absolute Gasteiger partial charge is 0.242 e. The zero-order chi connectivity index (χ0) is 9.97. The van der Waals surface area contributed by atoms with E-state index in [2.05, 4.69) is 31.7 Å². The van der Waals surface area contributed by atoms with Gasteiger partial charge in [0.1, 0.15) is 6.54 Å². The minimum Gasteiger partial charge on any atom is -0.349 e. The standard InChI is InChI=1S/C8H11BrN4O.ClH/c9-6-1-11-13(4-6)5-8(14)12-7-2-10-3-7;/h1,4,7,10H,2-3,5H2,(H,12,14);1H. The number of nitrogens with one attached hydrogen (secondary N) is 2. The highest BCUT2D eigenvalue weighted by molar-refractivity contribution is 9.10. The lowest BCUT2D eigenvalue weighted by atomic mass is 10.2. The van der Waals surface area contributed by atoms with E-state index in [9.17, 15) is 4.79 Å². The molecule has 1 aromatic rings. The van der Waals surface area contributed by atoms with E-state index in [0.29, 0.717) is 6.04 Å². The van der Waals surface area contributed by atoms with Crippen LogP contribution >= 0.6 is 28.3 Å². The molecule has 0 atom stereocenters. The van der Waals surface area contributed by atoms with Crippen LogP contribution in [0.5, 0.6) is 0 Å². The van der Waals surface area contributed by atoms with Gasteiger partial charge in [-0.25, -0.2) is 0 Å². The summed E-state index contributed by atoms with van der Waals surface area (Å²) in [4.78, 5) is 11.4. The van der Waals surface area contributed by atoms with E-state index in [-0.39, 0.29) is 24.9 Å². The Bertz CT molecular complexity index is 339. The van der Waals surface area contributed by atoms with Gasteiger partial charge in [-0.15, -0.1) is 12.4 Å². The van der Waals surface area contributed by atoms with Crippen LogP contribution in [-0.4, -0.2) is 34.8 Å². The fourth-order valence-electron chi connectivity index (χ4n) is 1.24. The highest BCUT2D eigenvalue weighted by Gasteiger charge is 2.18. The van der Waals surface area contributed by atoms with Gasteiger partial charge >= 0.3 is 0 Å². The lowest BCUT2D eigenvalue weighted by molar-refractivity contribution is -0.122. The van der Waals surface area contributed by atoms with Gasteiger partial charge in [0.15, 0.2) is 0 Å². The first-order chi connectivity index (χ1) is 6.74. The predicted molar refractivity (Wildman–Crippen MR) is 62.0 cm³/mol. The lowest BCUT2D eigenvalue weighted by Crippen LogP contribution is -2.57. The van der Waals surface area contributed by atoms with E-state index >= 15 is 0 Å². The average Bonchev–Trinajstić information content (AvgIpc) is 2.44. The van der Waals surface area contributed by atoms with E-state index in [1.807, 2.05) is 0 Å². The molecule has 0 saturated carbocycles. The molecule has 0 spiro atoms. The predicted octanol–water partition coefficient (Wildman–Crippen LogP) is 0.155. The molecule has 1 aromatic heterocycles. The maximum Gasteiger partial charge on any atom is 0.242 e. The van der Waals surface area contributed by atoms with Crippen molar-refractivity contribution in [3.63, 3.8) is 0 Å². The number of aromatic nitrogens is 2. The van der Waals surface area contributed by atoms with Crippen molar-refractivity contribution in [2.45, 2.75) is 12.6 Å². The molecule has 1 aliphatic heterocycles. The molecule has 5 nitrogen and oxygen atoms in total. The van der Waals surface area contributed by atoms with Gasteiger partial charge in [0.05, 0.1) is 16.7 Å². The van der Waals surface area contributed by atoms with Crippen LogP contribution in [0.2, 0.25) is 0 Å². The topological polar surface area (TPSA) is 59.0 Å². The number of hydrogen-bond acceptors (Lipinski definition) is 3. The van der Waals surface area contributed by atoms with Crippen LogP contribution < -0.4 is 10.6 Å². The zero-order valence-electron chi connectivity index (χ0n) is 7.94. The van der Waals surface area contributed by atoms with Crippen LogP contribution in [0.3, 0.4) is 0 Å². The largest absolute Gasteiger partial charge is 0.349 e. The Morgan fingerprint density at radius 2 is 2.47 bits per heavy atom. The van der Waals surface area contributed by atoms with Gasteiger partial charge in [0, 0.05) is 19.3 Å². The Labute approximate surface area is 102 Å². The molecule has 1 amide bonds. The molecule has 2 N–H and O–H groups in total. The van der Waals surface area contributed by atoms with E-state index in [0.717, 1.165) is 17.6 Å². The van der Waals surface area contributed by atoms with E-state index < -0.39 is 0 Å². The Hall–Kier alpha value is -0.590. The normalized spacial score (nSPS) is 15.3. The molecule has 0 aromatic carbocycles. The second-order valence-corrected chi connectivity index (χ2v) is 4.19. The van der Waals surface area contributed by atoms with Crippen molar-refractivity contribution < 1.29 is 4.79 Å². The molecule has 0 bridgehead atoms. The number of amides is 1. The first-order valence-electron chi connectivity index (χ1n) is 4.42. The molecule has 0 radical (unpaired) electrons. The summed E-state index contributed by atoms with van der Waals surface area (Å²) in [5.41, 5.74) is 0. The number of nitrogens with zero attached hydrogens (tertiary/aromatic N) is 2. The van der Waals surface area contributed by atoms with Crippen molar-refractivity contribution in [2.75, 3.05) is 13.1 Å². The van der Waals surface area contributed by atoms with Crippen molar-refractivity contribution in [1.29, 1.82) is 0 Å². The number of carbonyl (C=O) groups is 1. The summed E-state index contributed by atoms with van der Waals surface area (Å²) in [5.74, 6) is 0.00657. The maximum atomic E-state index is 11.4. The van der Waals surface area contributed by atoms with E-state index in [4.69, 9.17) is 0 Å². The maximum absolute atomic E-state index is 11.4. The molecule has 15 heavy (non-hydrogen) atoms. The Morgan fingerprint density at radius 3 is 2.93 bits per heavy atom. The Balaban J connectivity index is 0.00000112. The fraction of sp³-hybridized carbons (Fsp3) is 0.500. The van der Waals surface area contributed by atoms with Crippen molar-refractivity contribution in [1.82, 2.24) is 20.4 Å². The van der Waals surface area contributed by atoms with Gasteiger partial charge in [0.25, 0.3) is 0 Å². The summed E-state index contributed by atoms with van der Waals surface area (Å²) in [6, 6.07) is 0.293. The molecule has 1 aliphatic rings. The molecular weight excluding hydrogens is 283 g/mol. The molecule has 0 aliphatic carbocycles. The van der Waals surface area contributed by atoms with Crippen LogP contribution in [0.4, 0.5) is 0 Å². The van der Waals surface area contributed by atoms with Gasteiger partial charge < -0.3 is 10.6 Å². The van der Waals surface area contributed by atoms with Gasteiger partial charge in [-0.05, 0) is 15.9 Å². The number of halogens is 2. The van der Waals surface area contributed by atoms with Crippen molar-refractivity contribution in [3.05, 3.63) is 16.9 Å². The zero-order valence-corrected chi connectivity index (χ0v) is 10.3. The minimum absolute atomic E-state index is 0. The number of hydrogen-bond donors (Lipinski definition) is 2. The molecule has 2 heterocycles. The average molecular weight is 296 g/mol. The highest BCUT2D eigenvalue weighted by atomic mass is 79.9. The Morgan fingerprint density at radius 1 is 1.73 bits per heavy atom. The second-order valence-electron chi connectivity index (χ2n) is 3.28. The van der Waals surface area contributed by atoms with Crippen molar-refractivity contribution >= 4 is 34.2 Å². The van der Waals surface area contributed by atoms with Crippen molar-refractivity contribution in [3.8, 4) is 0 Å². The quantitative estimate of drug-likeness (QED) is 0.835. The SMILES string of the molecule is Cl.O=C(Cn1cc(Br)cn1)NC1CNC1. The second kappa shape index (κ2) is 5.48. The molecule has 7 heteroatoms. The minimum atomic E-state index is 0. The third kappa shape index (κ3) is 3.48. The molecule has 1 saturated heterocycles. The van der Waals surface area contributed by atoms with Crippen LogP contribution in [0.25, 0.3) is 0 Å². The van der Waals surface area contributed by atoms with Crippen LogP contribution in [0.15, 0.2) is 16.9 Å². The lowest BCUT2D eigenvalue weighted by Gasteiger charge is -2.27. The van der Waals surface area contributed by atoms with Gasteiger partial charge in [0.2, 0.25) is 5.91 Å². The highest BCUT2D eigenvalue weighted by Crippen LogP contribution is 2.05. The van der Waals surface area contributed by atoms with Crippen LogP contribution in [-0.2, 0) is 11.3 Å². The van der Waals surface area contributed by atoms with E-state index in [1.54, 1.807) is 17.1 Å². The molecule has 1 fully saturated rings. The summed E-state index contributed by atoms with van der Waals surface area (Å²) in [6.07, 6.45) is 3.44. The molecule has 84 valence electrons. The summed E-state index contributed by atoms with van der Waals surface area (Å²) in [6.45, 7) is 2.02. The third-order valence-corrected chi connectivity index (χ3v) is 2.46. The monoisotopic (exact) mass is 294 g/mol.